The Bertz CT molecular complexity index is 614. The molecular formula is C14H13ClN2O2. The van der Waals surface area contributed by atoms with Gasteiger partial charge in [0.2, 0.25) is 5.91 Å². The van der Waals surface area contributed by atoms with Gasteiger partial charge in [0.05, 0.1) is 10.6 Å². The highest BCUT2D eigenvalue weighted by molar-refractivity contribution is 6.33. The van der Waals surface area contributed by atoms with Crippen molar-refractivity contribution in [2.45, 2.75) is 6.54 Å². The lowest BCUT2D eigenvalue weighted by Crippen LogP contribution is -2.12. The number of nitrogens with two attached hydrogens (primary N) is 1. The molecule has 0 heterocycles. The molecule has 19 heavy (non-hydrogen) atoms. The zero-order valence-electron chi connectivity index (χ0n) is 10.1. The minimum Gasteiger partial charge on any atom is -0.508 e. The van der Waals surface area contributed by atoms with Gasteiger partial charge < -0.3 is 16.2 Å². The Morgan fingerprint density at radius 2 is 2.05 bits per heavy atom. The largest absolute Gasteiger partial charge is 0.508 e. The number of benzene rings is 2. The molecule has 2 rings (SSSR count). The summed E-state index contributed by atoms with van der Waals surface area (Å²) in [7, 11) is 0. The number of hydrogen-bond acceptors (Lipinski definition) is 3. The van der Waals surface area contributed by atoms with Gasteiger partial charge in [0.15, 0.2) is 0 Å². The van der Waals surface area contributed by atoms with Gasteiger partial charge in [-0.05, 0) is 35.9 Å². The first kappa shape index (κ1) is 13.2. The maximum absolute atomic E-state index is 11.2. The van der Waals surface area contributed by atoms with Crippen molar-refractivity contribution in [1.29, 1.82) is 0 Å². The van der Waals surface area contributed by atoms with Gasteiger partial charge in [-0.1, -0.05) is 23.7 Å². The summed E-state index contributed by atoms with van der Waals surface area (Å²) < 4.78 is 0. The lowest BCUT2D eigenvalue weighted by Gasteiger charge is -2.09. The van der Waals surface area contributed by atoms with Crippen LogP contribution in [0, 0.1) is 0 Å². The van der Waals surface area contributed by atoms with Crippen LogP contribution in [0.2, 0.25) is 5.02 Å². The van der Waals surface area contributed by atoms with E-state index in [1.165, 1.54) is 0 Å². The Morgan fingerprint density at radius 1 is 1.26 bits per heavy atom. The van der Waals surface area contributed by atoms with Gasteiger partial charge in [0.25, 0.3) is 0 Å². The highest BCUT2D eigenvalue weighted by Gasteiger charge is 2.07. The molecule has 4 N–H and O–H groups in total. The Kier molecular flexibility index (Phi) is 3.92. The van der Waals surface area contributed by atoms with E-state index in [1.807, 2.05) is 6.07 Å². The summed E-state index contributed by atoms with van der Waals surface area (Å²) in [6, 6.07) is 11.9. The predicted molar refractivity (Wildman–Crippen MR) is 75.4 cm³/mol. The van der Waals surface area contributed by atoms with Gasteiger partial charge in [-0.25, -0.2) is 0 Å². The zero-order chi connectivity index (χ0) is 13.8. The molecule has 0 aliphatic rings. The number of aromatic hydroxyl groups is 1. The number of carbonyl (C=O) groups excluding carboxylic acids is 1. The van der Waals surface area contributed by atoms with E-state index in [-0.39, 0.29) is 11.3 Å². The third-order valence-electron chi connectivity index (χ3n) is 2.64. The molecule has 0 unspecified atom stereocenters. The first-order valence-corrected chi connectivity index (χ1v) is 6.05. The van der Waals surface area contributed by atoms with Gasteiger partial charge in [0.1, 0.15) is 5.75 Å². The second-order valence-corrected chi connectivity index (χ2v) is 4.49. The fourth-order valence-electron chi connectivity index (χ4n) is 1.69. The average Bonchev–Trinajstić information content (AvgIpc) is 2.37. The van der Waals surface area contributed by atoms with Gasteiger partial charge in [-0.2, -0.15) is 0 Å². The molecule has 0 atom stereocenters. The van der Waals surface area contributed by atoms with E-state index in [0.717, 1.165) is 11.3 Å². The molecule has 98 valence electrons. The number of nitrogens with one attached hydrogen (secondary N) is 1. The van der Waals surface area contributed by atoms with Crippen LogP contribution in [0.15, 0.2) is 42.5 Å². The number of halogens is 1. The summed E-state index contributed by atoms with van der Waals surface area (Å²) in [4.78, 5) is 11.2. The molecule has 0 saturated carbocycles. The Labute approximate surface area is 115 Å². The summed E-state index contributed by atoms with van der Waals surface area (Å²) >= 11 is 5.87. The predicted octanol–water partition coefficient (Wildman–Crippen LogP) is 2.76. The van der Waals surface area contributed by atoms with E-state index in [4.69, 9.17) is 17.3 Å². The topological polar surface area (TPSA) is 75.4 Å². The number of phenolic OH excluding ortho intramolecular Hbond substituents is 1. The van der Waals surface area contributed by atoms with Crippen molar-refractivity contribution in [3.05, 3.63) is 58.6 Å². The second kappa shape index (κ2) is 5.63. The van der Waals surface area contributed by atoms with E-state index in [1.54, 1.807) is 36.4 Å². The molecule has 2 aromatic rings. The number of amides is 1. The standard InChI is InChI=1S/C14H13ClN2O2/c15-13-5-4-10(7-12(13)14(16)19)17-8-9-2-1-3-11(18)6-9/h1-7,17-18H,8H2,(H2,16,19). The maximum atomic E-state index is 11.2. The van der Waals surface area contributed by atoms with Gasteiger partial charge in [0, 0.05) is 12.2 Å². The molecule has 0 bridgehead atoms. The molecule has 0 aromatic heterocycles. The lowest BCUT2D eigenvalue weighted by atomic mass is 10.1. The molecule has 0 spiro atoms. The molecule has 2 aromatic carbocycles. The third kappa shape index (κ3) is 3.39. The third-order valence-corrected chi connectivity index (χ3v) is 2.97. The average molecular weight is 277 g/mol. The van der Waals surface area contributed by atoms with E-state index < -0.39 is 5.91 Å². The Hall–Kier alpha value is -2.20. The summed E-state index contributed by atoms with van der Waals surface area (Å²) in [6.45, 7) is 0.522. The van der Waals surface area contributed by atoms with Crippen molar-refractivity contribution < 1.29 is 9.90 Å². The van der Waals surface area contributed by atoms with Crippen LogP contribution in [-0.2, 0) is 6.54 Å². The van der Waals surface area contributed by atoms with E-state index in [9.17, 15) is 9.90 Å². The van der Waals surface area contributed by atoms with Crippen LogP contribution in [0.1, 0.15) is 15.9 Å². The summed E-state index contributed by atoms with van der Waals surface area (Å²) in [5.74, 6) is -0.348. The highest BCUT2D eigenvalue weighted by Crippen LogP contribution is 2.21. The monoisotopic (exact) mass is 276 g/mol. The number of anilines is 1. The van der Waals surface area contributed by atoms with Crippen LogP contribution >= 0.6 is 11.6 Å². The second-order valence-electron chi connectivity index (χ2n) is 4.08. The molecule has 5 heteroatoms. The number of carbonyl (C=O) groups is 1. The van der Waals surface area contributed by atoms with E-state index in [2.05, 4.69) is 5.32 Å². The van der Waals surface area contributed by atoms with Crippen molar-refractivity contribution >= 4 is 23.2 Å². The van der Waals surface area contributed by atoms with Gasteiger partial charge in [-0.15, -0.1) is 0 Å². The number of rotatable bonds is 4. The highest BCUT2D eigenvalue weighted by atomic mass is 35.5. The fourth-order valence-corrected chi connectivity index (χ4v) is 1.91. The molecule has 0 aliphatic carbocycles. The molecule has 0 aliphatic heterocycles. The lowest BCUT2D eigenvalue weighted by molar-refractivity contribution is 0.100. The molecule has 0 fully saturated rings. The van der Waals surface area contributed by atoms with Crippen molar-refractivity contribution in [2.75, 3.05) is 5.32 Å². The quantitative estimate of drug-likeness (QED) is 0.804. The minimum atomic E-state index is -0.564. The maximum Gasteiger partial charge on any atom is 0.250 e. The van der Waals surface area contributed by atoms with Crippen LogP contribution in [0.4, 0.5) is 5.69 Å². The SMILES string of the molecule is NC(=O)c1cc(NCc2cccc(O)c2)ccc1Cl. The van der Waals surface area contributed by atoms with Crippen molar-refractivity contribution in [3.8, 4) is 5.75 Å². The molecule has 4 nitrogen and oxygen atoms in total. The first-order chi connectivity index (χ1) is 9.06. The van der Waals surface area contributed by atoms with Crippen molar-refractivity contribution in [2.24, 2.45) is 5.73 Å². The smallest absolute Gasteiger partial charge is 0.250 e. The Morgan fingerprint density at radius 3 is 2.74 bits per heavy atom. The van der Waals surface area contributed by atoms with E-state index in [0.29, 0.717) is 11.6 Å². The molecule has 1 amide bonds. The molecule has 0 radical (unpaired) electrons. The van der Waals surface area contributed by atoms with E-state index >= 15 is 0 Å². The number of hydrogen-bond donors (Lipinski definition) is 3. The number of phenols is 1. The minimum absolute atomic E-state index is 0.216. The summed E-state index contributed by atoms with van der Waals surface area (Å²) in [6.07, 6.45) is 0. The van der Waals surface area contributed by atoms with Crippen molar-refractivity contribution in [3.63, 3.8) is 0 Å². The normalized spacial score (nSPS) is 10.2. The van der Waals surface area contributed by atoms with Crippen LogP contribution < -0.4 is 11.1 Å². The fraction of sp³-hybridized carbons (Fsp3) is 0.0714. The Balaban J connectivity index is 2.12. The summed E-state index contributed by atoms with van der Waals surface area (Å²) in [5, 5.41) is 12.8. The van der Waals surface area contributed by atoms with Crippen LogP contribution in [0.3, 0.4) is 0 Å². The summed E-state index contributed by atoms with van der Waals surface area (Å²) in [5.41, 5.74) is 7.17. The molecule has 0 saturated heterocycles. The van der Waals surface area contributed by atoms with Crippen LogP contribution in [-0.4, -0.2) is 11.0 Å². The molecular weight excluding hydrogens is 264 g/mol. The first-order valence-electron chi connectivity index (χ1n) is 5.67. The number of primary amides is 1. The van der Waals surface area contributed by atoms with Crippen LogP contribution in [0.5, 0.6) is 5.75 Å². The van der Waals surface area contributed by atoms with Crippen LogP contribution in [0.25, 0.3) is 0 Å². The zero-order valence-corrected chi connectivity index (χ0v) is 10.8. The van der Waals surface area contributed by atoms with Crippen molar-refractivity contribution in [1.82, 2.24) is 0 Å². The van der Waals surface area contributed by atoms with Gasteiger partial charge >= 0.3 is 0 Å². The van der Waals surface area contributed by atoms with Gasteiger partial charge in [-0.3, -0.25) is 4.79 Å².